The van der Waals surface area contributed by atoms with Crippen LogP contribution in [0.4, 0.5) is 8.78 Å². The van der Waals surface area contributed by atoms with E-state index in [0.717, 1.165) is 6.07 Å². The van der Waals surface area contributed by atoms with Crippen LogP contribution in [0.5, 0.6) is 5.75 Å². The van der Waals surface area contributed by atoms with Crippen molar-refractivity contribution in [1.82, 2.24) is 4.98 Å². The van der Waals surface area contributed by atoms with Crippen molar-refractivity contribution in [2.75, 3.05) is 7.11 Å². The smallest absolute Gasteiger partial charge is 0.291 e. The van der Waals surface area contributed by atoms with Crippen molar-refractivity contribution in [3.8, 4) is 5.75 Å². The summed E-state index contributed by atoms with van der Waals surface area (Å²) in [6.45, 7) is -0.00104. The van der Waals surface area contributed by atoms with E-state index in [-0.39, 0.29) is 18.0 Å². The molecule has 0 atom stereocenters. The molecule has 1 rings (SSSR count). The highest BCUT2D eigenvalue weighted by Crippen LogP contribution is 2.25. The molecule has 6 heteroatoms. The molecule has 0 aromatic carbocycles. The van der Waals surface area contributed by atoms with Crippen molar-refractivity contribution in [3.05, 3.63) is 27.7 Å². The lowest BCUT2D eigenvalue weighted by molar-refractivity contribution is 0.146. The number of pyridine rings is 1. The Morgan fingerprint density at radius 2 is 2.29 bits per heavy atom. The molecule has 4 nitrogen and oxygen atoms in total. The fraction of sp³-hybridized carbons (Fsp3) is 0.375. The van der Waals surface area contributed by atoms with Gasteiger partial charge in [0, 0.05) is 12.2 Å². The number of halogens is 2. The molecule has 0 fully saturated rings. The first-order valence-corrected chi connectivity index (χ1v) is 3.88. The Morgan fingerprint density at radius 3 is 2.71 bits per heavy atom. The number of alkyl halides is 2. The van der Waals surface area contributed by atoms with E-state index in [1.54, 1.807) is 0 Å². The summed E-state index contributed by atoms with van der Waals surface area (Å²) in [5.41, 5.74) is 4.36. The number of nitrogens with one attached hydrogen (secondary N) is 1. The van der Waals surface area contributed by atoms with Crippen LogP contribution in [0, 0.1) is 0 Å². The lowest BCUT2D eigenvalue weighted by atomic mass is 10.2. The molecule has 0 bridgehead atoms. The van der Waals surface area contributed by atoms with Crippen LogP contribution in [-0.2, 0) is 6.54 Å². The maximum absolute atomic E-state index is 12.4. The van der Waals surface area contributed by atoms with Crippen LogP contribution in [-0.4, -0.2) is 12.1 Å². The van der Waals surface area contributed by atoms with Crippen LogP contribution < -0.4 is 16.0 Å². The monoisotopic (exact) mass is 204 g/mol. The zero-order valence-corrected chi connectivity index (χ0v) is 7.51. The summed E-state index contributed by atoms with van der Waals surface area (Å²) in [5, 5.41) is 0. The lowest BCUT2D eigenvalue weighted by Crippen LogP contribution is -2.16. The van der Waals surface area contributed by atoms with Crippen molar-refractivity contribution in [3.63, 3.8) is 0 Å². The number of H-pyrrole nitrogens is 1. The minimum Gasteiger partial charge on any atom is -0.491 e. The Labute approximate surface area is 78.7 Å². The number of ether oxygens (including phenoxy) is 1. The largest absolute Gasteiger partial charge is 0.491 e. The van der Waals surface area contributed by atoms with Gasteiger partial charge in [0.1, 0.15) is 0 Å². The Morgan fingerprint density at radius 1 is 1.64 bits per heavy atom. The normalized spacial score (nSPS) is 10.6. The van der Waals surface area contributed by atoms with Gasteiger partial charge in [-0.15, -0.1) is 0 Å². The molecule has 0 radical (unpaired) electrons. The van der Waals surface area contributed by atoms with Gasteiger partial charge in [-0.1, -0.05) is 0 Å². The van der Waals surface area contributed by atoms with Gasteiger partial charge in [-0.2, -0.15) is 0 Å². The van der Waals surface area contributed by atoms with E-state index >= 15 is 0 Å². The van der Waals surface area contributed by atoms with Crippen molar-refractivity contribution < 1.29 is 13.5 Å². The zero-order chi connectivity index (χ0) is 10.7. The molecule has 0 aliphatic rings. The van der Waals surface area contributed by atoms with E-state index in [1.807, 2.05) is 0 Å². The minimum atomic E-state index is -2.75. The van der Waals surface area contributed by atoms with Crippen LogP contribution in [0.2, 0.25) is 0 Å². The third-order valence-electron chi connectivity index (χ3n) is 1.73. The first-order chi connectivity index (χ1) is 6.60. The molecule has 0 aliphatic heterocycles. The van der Waals surface area contributed by atoms with Gasteiger partial charge >= 0.3 is 0 Å². The quantitative estimate of drug-likeness (QED) is 0.764. The molecule has 0 unspecified atom stereocenters. The summed E-state index contributed by atoms with van der Waals surface area (Å²) >= 11 is 0. The molecule has 78 valence electrons. The molecular weight excluding hydrogens is 194 g/mol. The molecule has 3 N–H and O–H groups in total. The van der Waals surface area contributed by atoms with Gasteiger partial charge < -0.3 is 15.5 Å². The molecule has 14 heavy (non-hydrogen) atoms. The summed E-state index contributed by atoms with van der Waals surface area (Å²) in [5.74, 6) is -0.364. The number of aromatic nitrogens is 1. The Hall–Kier alpha value is -1.43. The van der Waals surface area contributed by atoms with E-state index < -0.39 is 17.5 Å². The summed E-state index contributed by atoms with van der Waals surface area (Å²) < 4.78 is 29.4. The Kier molecular flexibility index (Phi) is 3.19. The third-order valence-corrected chi connectivity index (χ3v) is 1.73. The lowest BCUT2D eigenvalue weighted by Gasteiger charge is -2.07. The maximum Gasteiger partial charge on any atom is 0.291 e. The molecule has 0 spiro atoms. The fourth-order valence-corrected chi connectivity index (χ4v) is 1.11. The van der Waals surface area contributed by atoms with Crippen molar-refractivity contribution in [2.45, 2.75) is 13.0 Å². The van der Waals surface area contributed by atoms with Crippen LogP contribution in [0.1, 0.15) is 17.7 Å². The van der Waals surface area contributed by atoms with Crippen LogP contribution in [0.3, 0.4) is 0 Å². The summed E-state index contributed by atoms with van der Waals surface area (Å²) in [7, 11) is 1.17. The first kappa shape index (κ1) is 10.6. The molecule has 1 aromatic heterocycles. The van der Waals surface area contributed by atoms with Gasteiger partial charge in [-0.25, -0.2) is 8.78 Å². The molecule has 1 heterocycles. The highest BCUT2D eigenvalue weighted by molar-refractivity contribution is 5.33. The maximum atomic E-state index is 12.4. The number of nitrogens with two attached hydrogens (primary N) is 1. The van der Waals surface area contributed by atoms with Crippen LogP contribution in [0.25, 0.3) is 0 Å². The molecule has 0 amide bonds. The van der Waals surface area contributed by atoms with Gasteiger partial charge in [-0.3, -0.25) is 4.79 Å². The number of rotatable bonds is 3. The van der Waals surface area contributed by atoms with Crippen molar-refractivity contribution >= 4 is 0 Å². The van der Waals surface area contributed by atoms with Gasteiger partial charge in [0.25, 0.3) is 12.0 Å². The molecule has 0 saturated carbocycles. The summed E-state index contributed by atoms with van der Waals surface area (Å²) in [6, 6.07) is 1.13. The number of aromatic amines is 1. The SMILES string of the molecule is COc1c(C(F)F)cc(CN)[nH]c1=O. The van der Waals surface area contributed by atoms with E-state index in [4.69, 9.17) is 5.73 Å². The van der Waals surface area contributed by atoms with Crippen molar-refractivity contribution in [1.29, 1.82) is 0 Å². The summed E-state index contributed by atoms with van der Waals surface area (Å²) in [4.78, 5) is 13.5. The first-order valence-electron chi connectivity index (χ1n) is 3.88. The van der Waals surface area contributed by atoms with Crippen molar-refractivity contribution in [2.24, 2.45) is 5.73 Å². The van der Waals surface area contributed by atoms with E-state index in [2.05, 4.69) is 9.72 Å². The number of hydrogen-bond acceptors (Lipinski definition) is 3. The minimum absolute atomic E-state index is 0.00104. The predicted octanol–water partition coefficient (Wildman–Crippen LogP) is 0.780. The second-order valence-electron chi connectivity index (χ2n) is 2.62. The van der Waals surface area contributed by atoms with E-state index in [1.165, 1.54) is 7.11 Å². The average Bonchev–Trinajstić information content (AvgIpc) is 2.16. The van der Waals surface area contributed by atoms with Crippen LogP contribution >= 0.6 is 0 Å². The second-order valence-corrected chi connectivity index (χ2v) is 2.62. The Balaban J connectivity index is 3.36. The van der Waals surface area contributed by atoms with E-state index in [0.29, 0.717) is 0 Å². The standard InChI is InChI=1S/C8H10F2N2O2/c1-14-6-5(7(9)10)2-4(3-11)12-8(6)13/h2,7H,3,11H2,1H3,(H,12,13). The highest BCUT2D eigenvalue weighted by atomic mass is 19.3. The second kappa shape index (κ2) is 4.19. The van der Waals surface area contributed by atoms with Gasteiger partial charge in [-0.05, 0) is 6.07 Å². The molecular formula is C8H10F2N2O2. The molecule has 1 aromatic rings. The van der Waals surface area contributed by atoms with Gasteiger partial charge in [0.05, 0.1) is 12.7 Å². The highest BCUT2D eigenvalue weighted by Gasteiger charge is 2.17. The summed E-state index contributed by atoms with van der Waals surface area (Å²) in [6.07, 6.45) is -2.75. The Bertz CT molecular complexity index is 376. The number of methoxy groups -OCH3 is 1. The number of hydrogen-bond donors (Lipinski definition) is 2. The van der Waals surface area contributed by atoms with Crippen LogP contribution in [0.15, 0.2) is 10.9 Å². The predicted molar refractivity (Wildman–Crippen MR) is 46.5 cm³/mol. The average molecular weight is 204 g/mol. The molecule has 0 saturated heterocycles. The third kappa shape index (κ3) is 1.90. The van der Waals surface area contributed by atoms with E-state index in [9.17, 15) is 13.6 Å². The van der Waals surface area contributed by atoms with Gasteiger partial charge in [0.2, 0.25) is 0 Å². The molecule has 0 aliphatic carbocycles. The zero-order valence-electron chi connectivity index (χ0n) is 7.51. The van der Waals surface area contributed by atoms with Gasteiger partial charge in [0.15, 0.2) is 5.75 Å². The fourth-order valence-electron chi connectivity index (χ4n) is 1.11. The topological polar surface area (TPSA) is 68.1 Å².